The fraction of sp³-hybridized carbons (Fsp3) is 0.333. The number of rotatable bonds is 5. The topological polar surface area (TPSA) is 105 Å². The van der Waals surface area contributed by atoms with Crippen molar-refractivity contribution in [1.29, 1.82) is 0 Å². The summed E-state index contributed by atoms with van der Waals surface area (Å²) in [6.45, 7) is 3.01. The summed E-state index contributed by atoms with van der Waals surface area (Å²) in [4.78, 5) is 4.04. The fourth-order valence-corrected chi connectivity index (χ4v) is 3.03. The average Bonchev–Trinajstić information content (AvgIpc) is 2.82. The summed E-state index contributed by atoms with van der Waals surface area (Å²) in [5.41, 5.74) is 1.09. The Morgan fingerprint density at radius 2 is 2.10 bits per heavy atom. The second-order valence-electron chi connectivity index (χ2n) is 4.26. The van der Waals surface area contributed by atoms with Gasteiger partial charge in [0.1, 0.15) is 0 Å². The van der Waals surface area contributed by atoms with E-state index >= 15 is 0 Å². The van der Waals surface area contributed by atoms with Crippen LogP contribution < -0.4 is 4.72 Å². The summed E-state index contributed by atoms with van der Waals surface area (Å²) in [5.74, 6) is 0.639. The van der Waals surface area contributed by atoms with Crippen molar-refractivity contribution in [2.45, 2.75) is 31.9 Å². The molecule has 0 spiro atoms. The van der Waals surface area contributed by atoms with Crippen LogP contribution in [0.3, 0.4) is 0 Å². The molecule has 0 aliphatic rings. The molecular weight excluding hydrogens is 282 g/mol. The largest absolute Gasteiger partial charge is 0.392 e. The lowest BCUT2D eigenvalue weighted by Crippen LogP contribution is -2.24. The van der Waals surface area contributed by atoms with Crippen LogP contribution in [0.15, 0.2) is 27.6 Å². The highest BCUT2D eigenvalue weighted by atomic mass is 32.2. The minimum absolute atomic E-state index is 0.0774. The summed E-state index contributed by atoms with van der Waals surface area (Å²) in [5, 5.41) is 12.8. The van der Waals surface area contributed by atoms with Crippen LogP contribution >= 0.6 is 0 Å². The van der Waals surface area contributed by atoms with Crippen LogP contribution in [0, 0.1) is 13.8 Å². The van der Waals surface area contributed by atoms with E-state index in [4.69, 9.17) is 4.52 Å². The number of nitrogens with one attached hydrogen (secondary N) is 1. The SMILES string of the molecule is Cc1noc(CNS(=O)(=O)c2cccc(CO)c2C)n1. The number of aliphatic hydroxyl groups excluding tert-OH is 1. The molecule has 7 nitrogen and oxygen atoms in total. The molecule has 8 heteroatoms. The van der Waals surface area contributed by atoms with E-state index < -0.39 is 10.0 Å². The van der Waals surface area contributed by atoms with Gasteiger partial charge in [0.05, 0.1) is 18.0 Å². The predicted molar refractivity (Wildman–Crippen MR) is 70.2 cm³/mol. The first kappa shape index (κ1) is 14.6. The second-order valence-corrected chi connectivity index (χ2v) is 5.99. The van der Waals surface area contributed by atoms with Gasteiger partial charge in [-0.2, -0.15) is 4.98 Å². The molecule has 2 N–H and O–H groups in total. The monoisotopic (exact) mass is 297 g/mol. The Kier molecular flexibility index (Phi) is 4.17. The van der Waals surface area contributed by atoms with Crippen LogP contribution in [-0.4, -0.2) is 23.7 Å². The molecule has 0 radical (unpaired) electrons. The number of aliphatic hydroxyl groups is 1. The molecule has 0 amide bonds. The molecule has 2 rings (SSSR count). The Hall–Kier alpha value is -1.77. The molecule has 1 heterocycles. The number of aryl methyl sites for hydroxylation is 1. The summed E-state index contributed by atoms with van der Waals surface area (Å²) in [6.07, 6.45) is 0. The van der Waals surface area contributed by atoms with Gasteiger partial charge in [-0.25, -0.2) is 13.1 Å². The molecule has 0 atom stereocenters. The zero-order valence-corrected chi connectivity index (χ0v) is 11.9. The third kappa shape index (κ3) is 3.03. The maximum Gasteiger partial charge on any atom is 0.241 e. The molecule has 1 aromatic heterocycles. The van der Waals surface area contributed by atoms with Crippen molar-refractivity contribution in [2.75, 3.05) is 0 Å². The fourth-order valence-electron chi connectivity index (χ4n) is 1.77. The Morgan fingerprint density at radius 1 is 1.35 bits per heavy atom. The molecule has 0 aliphatic heterocycles. The normalized spacial score (nSPS) is 11.8. The van der Waals surface area contributed by atoms with Crippen LogP contribution in [0.4, 0.5) is 0 Å². The van der Waals surface area contributed by atoms with Crippen LogP contribution in [0.25, 0.3) is 0 Å². The molecule has 0 fully saturated rings. The van der Waals surface area contributed by atoms with Crippen molar-refractivity contribution in [3.63, 3.8) is 0 Å². The molecule has 0 saturated heterocycles. The van der Waals surface area contributed by atoms with E-state index in [-0.39, 0.29) is 23.9 Å². The van der Waals surface area contributed by atoms with Gasteiger partial charge in [-0.05, 0) is 31.0 Å². The van der Waals surface area contributed by atoms with Crippen LogP contribution in [0.2, 0.25) is 0 Å². The van der Waals surface area contributed by atoms with E-state index in [1.807, 2.05) is 0 Å². The second kappa shape index (κ2) is 5.70. The van der Waals surface area contributed by atoms with E-state index in [0.29, 0.717) is 17.0 Å². The lowest BCUT2D eigenvalue weighted by atomic mass is 10.1. The average molecular weight is 297 g/mol. The first-order chi connectivity index (χ1) is 9.44. The van der Waals surface area contributed by atoms with E-state index in [0.717, 1.165) is 0 Å². The third-order valence-corrected chi connectivity index (χ3v) is 4.38. The standard InChI is InChI=1S/C12H15N3O4S/c1-8-10(7-16)4-3-5-11(8)20(17,18)13-6-12-14-9(2)15-19-12/h3-5,13,16H,6-7H2,1-2H3. The maximum atomic E-state index is 12.2. The molecular formula is C12H15N3O4S. The Morgan fingerprint density at radius 3 is 2.70 bits per heavy atom. The van der Waals surface area contributed by atoms with Crippen LogP contribution in [0.1, 0.15) is 22.8 Å². The summed E-state index contributed by atoms with van der Waals surface area (Å²) < 4.78 is 31.7. The zero-order chi connectivity index (χ0) is 14.8. The first-order valence-electron chi connectivity index (χ1n) is 5.92. The molecule has 108 valence electrons. The molecule has 2 aromatic rings. The summed E-state index contributed by atoms with van der Waals surface area (Å²) in [7, 11) is -3.70. The lowest BCUT2D eigenvalue weighted by molar-refractivity contribution is 0.280. The number of hydrogen-bond acceptors (Lipinski definition) is 6. The molecule has 0 saturated carbocycles. The molecule has 20 heavy (non-hydrogen) atoms. The molecule has 0 bridgehead atoms. The summed E-state index contributed by atoms with van der Waals surface area (Å²) in [6, 6.07) is 4.75. The van der Waals surface area contributed by atoms with E-state index in [2.05, 4.69) is 14.9 Å². The summed E-state index contributed by atoms with van der Waals surface area (Å²) >= 11 is 0. The molecule has 1 aromatic carbocycles. The predicted octanol–water partition coefficient (Wildman–Crippen LogP) is 0.657. The van der Waals surface area contributed by atoms with E-state index in [1.54, 1.807) is 26.0 Å². The van der Waals surface area contributed by atoms with Crippen LogP contribution in [0.5, 0.6) is 0 Å². The number of hydrogen-bond donors (Lipinski definition) is 2. The van der Waals surface area contributed by atoms with Crippen molar-refractivity contribution in [3.8, 4) is 0 Å². The van der Waals surface area contributed by atoms with Gasteiger partial charge in [-0.15, -0.1) is 0 Å². The van der Waals surface area contributed by atoms with E-state index in [9.17, 15) is 13.5 Å². The van der Waals surface area contributed by atoms with Gasteiger partial charge in [0.2, 0.25) is 15.9 Å². The highest BCUT2D eigenvalue weighted by Gasteiger charge is 2.19. The highest BCUT2D eigenvalue weighted by Crippen LogP contribution is 2.19. The smallest absolute Gasteiger partial charge is 0.241 e. The van der Waals surface area contributed by atoms with Crippen LogP contribution in [-0.2, 0) is 23.2 Å². The van der Waals surface area contributed by atoms with Gasteiger partial charge < -0.3 is 9.63 Å². The Bertz CT molecular complexity index is 709. The van der Waals surface area contributed by atoms with Gasteiger partial charge in [-0.3, -0.25) is 0 Å². The van der Waals surface area contributed by atoms with E-state index in [1.165, 1.54) is 6.07 Å². The minimum Gasteiger partial charge on any atom is -0.392 e. The van der Waals surface area contributed by atoms with Gasteiger partial charge in [0.15, 0.2) is 5.82 Å². The number of benzene rings is 1. The third-order valence-electron chi connectivity index (χ3n) is 2.84. The minimum atomic E-state index is -3.70. The van der Waals surface area contributed by atoms with Crippen molar-refractivity contribution < 1.29 is 18.0 Å². The Labute approximate surface area is 116 Å². The van der Waals surface area contributed by atoms with Gasteiger partial charge >= 0.3 is 0 Å². The van der Waals surface area contributed by atoms with Crippen molar-refractivity contribution in [3.05, 3.63) is 41.0 Å². The first-order valence-corrected chi connectivity index (χ1v) is 7.40. The van der Waals surface area contributed by atoms with Gasteiger partial charge in [0.25, 0.3) is 0 Å². The number of aromatic nitrogens is 2. The van der Waals surface area contributed by atoms with Crippen molar-refractivity contribution in [2.24, 2.45) is 0 Å². The highest BCUT2D eigenvalue weighted by molar-refractivity contribution is 7.89. The number of sulfonamides is 1. The maximum absolute atomic E-state index is 12.2. The lowest BCUT2D eigenvalue weighted by Gasteiger charge is -2.10. The molecule has 0 aliphatic carbocycles. The zero-order valence-electron chi connectivity index (χ0n) is 11.1. The Balaban J connectivity index is 2.22. The quantitative estimate of drug-likeness (QED) is 0.839. The number of nitrogens with zero attached hydrogens (tertiary/aromatic N) is 2. The van der Waals surface area contributed by atoms with Gasteiger partial charge in [-0.1, -0.05) is 17.3 Å². The van der Waals surface area contributed by atoms with Gasteiger partial charge in [0, 0.05) is 0 Å². The van der Waals surface area contributed by atoms with Crippen molar-refractivity contribution in [1.82, 2.24) is 14.9 Å². The molecule has 0 unspecified atom stereocenters. The van der Waals surface area contributed by atoms with Crippen molar-refractivity contribution >= 4 is 10.0 Å².